The van der Waals surface area contributed by atoms with Gasteiger partial charge in [0, 0.05) is 10.0 Å². The summed E-state index contributed by atoms with van der Waals surface area (Å²) in [6.45, 7) is 1.85. The summed E-state index contributed by atoms with van der Waals surface area (Å²) >= 11 is 3.28. The molecule has 0 radical (unpaired) electrons. The summed E-state index contributed by atoms with van der Waals surface area (Å²) in [4.78, 5) is 14.8. The van der Waals surface area contributed by atoms with Crippen molar-refractivity contribution in [2.24, 2.45) is 10.7 Å². The molecular weight excluding hydrogens is 406 g/mol. The maximum absolute atomic E-state index is 12.7. The van der Waals surface area contributed by atoms with Gasteiger partial charge in [0.1, 0.15) is 0 Å². The molecule has 1 amide bonds. The fourth-order valence-electron chi connectivity index (χ4n) is 2.21. The Balaban J connectivity index is 2.46. The maximum Gasteiger partial charge on any atom is 0.259 e. The minimum atomic E-state index is -3.66. The van der Waals surface area contributed by atoms with E-state index in [9.17, 15) is 13.2 Å². The van der Waals surface area contributed by atoms with E-state index in [0.29, 0.717) is 17.5 Å². The lowest BCUT2D eigenvalue weighted by atomic mass is 10.0. The van der Waals surface area contributed by atoms with Crippen molar-refractivity contribution in [2.75, 3.05) is 0 Å². The van der Waals surface area contributed by atoms with Crippen molar-refractivity contribution >= 4 is 43.7 Å². The number of nitrogens with zero attached hydrogens (tertiary/aromatic N) is 1. The molecular formula is C17H16BrN3O3S. The minimum Gasteiger partial charge on any atom is -0.365 e. The number of nitrogens with two attached hydrogens (primary N) is 1. The van der Waals surface area contributed by atoms with E-state index in [4.69, 9.17) is 11.1 Å². The predicted octanol–water partition coefficient (Wildman–Crippen LogP) is 2.73. The zero-order valence-corrected chi connectivity index (χ0v) is 15.8. The number of nitrogens with one attached hydrogen (secondary N) is 1. The highest BCUT2D eigenvalue weighted by Gasteiger charge is 2.19. The van der Waals surface area contributed by atoms with Crippen molar-refractivity contribution in [1.29, 1.82) is 5.41 Å². The van der Waals surface area contributed by atoms with E-state index in [2.05, 4.69) is 20.9 Å². The summed E-state index contributed by atoms with van der Waals surface area (Å²) < 4.78 is 26.3. The van der Waals surface area contributed by atoms with Crippen molar-refractivity contribution in [1.82, 2.24) is 0 Å². The molecule has 0 saturated carbocycles. The number of amides is 1. The molecule has 0 saturated heterocycles. The minimum absolute atomic E-state index is 0.141. The second-order valence-corrected chi connectivity index (χ2v) is 8.00. The third kappa shape index (κ3) is 4.40. The molecule has 0 bridgehead atoms. The summed E-state index contributed by atoms with van der Waals surface area (Å²) in [5.41, 5.74) is 6.07. The van der Waals surface area contributed by atoms with Crippen LogP contribution in [0.5, 0.6) is 0 Å². The van der Waals surface area contributed by atoms with Crippen molar-refractivity contribution in [3.63, 3.8) is 0 Å². The summed E-state index contributed by atoms with van der Waals surface area (Å²) in [5.74, 6) is -0.902. The molecule has 2 rings (SSSR count). The highest BCUT2D eigenvalue weighted by atomic mass is 79.9. The van der Waals surface area contributed by atoms with Crippen LogP contribution in [0.4, 0.5) is 0 Å². The Bertz CT molecular complexity index is 952. The molecule has 6 nitrogen and oxygen atoms in total. The SMILES string of the molecule is CCc1cc(S(=O)(=O)c2ccc(Br)cc2)ccc1C(=N)/N=C\C(N)=O. The first-order valence-electron chi connectivity index (χ1n) is 7.31. The van der Waals surface area contributed by atoms with Gasteiger partial charge < -0.3 is 5.73 Å². The molecule has 8 heteroatoms. The Morgan fingerprint density at radius 3 is 2.36 bits per heavy atom. The Labute approximate surface area is 154 Å². The van der Waals surface area contributed by atoms with E-state index in [0.717, 1.165) is 10.7 Å². The lowest BCUT2D eigenvalue weighted by Crippen LogP contribution is -2.13. The molecule has 0 atom stereocenters. The number of carbonyl (C=O) groups excluding carboxylic acids is 1. The van der Waals surface area contributed by atoms with Gasteiger partial charge in [0.25, 0.3) is 5.91 Å². The third-order valence-corrected chi connectivity index (χ3v) is 5.76. The fourth-order valence-corrected chi connectivity index (χ4v) is 3.78. The first kappa shape index (κ1) is 19.0. The highest BCUT2D eigenvalue weighted by molar-refractivity contribution is 9.10. The van der Waals surface area contributed by atoms with E-state index >= 15 is 0 Å². The van der Waals surface area contributed by atoms with Crippen LogP contribution in [0.15, 0.2) is 61.7 Å². The number of hydrogen-bond donors (Lipinski definition) is 2. The molecule has 0 fully saturated rings. The summed E-state index contributed by atoms with van der Waals surface area (Å²) in [6.07, 6.45) is 1.36. The van der Waals surface area contributed by atoms with E-state index in [1.165, 1.54) is 30.3 Å². The average Bonchev–Trinajstić information content (AvgIpc) is 2.59. The summed E-state index contributed by atoms with van der Waals surface area (Å²) in [5, 5.41) is 7.92. The van der Waals surface area contributed by atoms with Crippen LogP contribution in [0.25, 0.3) is 0 Å². The lowest BCUT2D eigenvalue weighted by molar-refractivity contribution is -0.111. The lowest BCUT2D eigenvalue weighted by Gasteiger charge is -2.10. The van der Waals surface area contributed by atoms with Gasteiger partial charge in [-0.2, -0.15) is 0 Å². The van der Waals surface area contributed by atoms with Crippen LogP contribution in [0, 0.1) is 5.41 Å². The van der Waals surface area contributed by atoms with E-state index < -0.39 is 15.7 Å². The van der Waals surface area contributed by atoms with Gasteiger partial charge >= 0.3 is 0 Å². The van der Waals surface area contributed by atoms with Crippen LogP contribution in [0.1, 0.15) is 18.1 Å². The first-order valence-corrected chi connectivity index (χ1v) is 9.59. The van der Waals surface area contributed by atoms with Gasteiger partial charge in [-0.1, -0.05) is 22.9 Å². The standard InChI is InChI=1S/C17H16BrN3O3S/c1-2-11-9-14(7-8-15(11)17(20)21-10-16(19)22)25(23,24)13-5-3-12(18)4-6-13/h3-10,20H,2H2,1H3,(H2,19,22)/b20-17?,21-10-. The predicted molar refractivity (Wildman–Crippen MR) is 99.9 cm³/mol. The smallest absolute Gasteiger partial charge is 0.259 e. The number of aryl methyl sites for hydroxylation is 1. The number of carbonyl (C=O) groups is 1. The Kier molecular flexibility index (Phi) is 5.86. The van der Waals surface area contributed by atoms with Crippen LogP contribution >= 0.6 is 15.9 Å². The van der Waals surface area contributed by atoms with E-state index in [1.807, 2.05) is 6.92 Å². The van der Waals surface area contributed by atoms with E-state index in [-0.39, 0.29) is 15.6 Å². The quantitative estimate of drug-likeness (QED) is 0.571. The molecule has 25 heavy (non-hydrogen) atoms. The zero-order chi connectivity index (χ0) is 18.6. The maximum atomic E-state index is 12.7. The second kappa shape index (κ2) is 7.71. The van der Waals surface area contributed by atoms with Gasteiger partial charge in [0.05, 0.1) is 16.0 Å². The topological polar surface area (TPSA) is 113 Å². The third-order valence-electron chi connectivity index (χ3n) is 3.47. The molecule has 0 unspecified atom stereocenters. The zero-order valence-electron chi connectivity index (χ0n) is 13.4. The average molecular weight is 422 g/mol. The molecule has 3 N–H and O–H groups in total. The number of sulfone groups is 1. The van der Waals surface area contributed by atoms with Crippen LogP contribution in [-0.2, 0) is 21.1 Å². The first-order chi connectivity index (χ1) is 11.8. The van der Waals surface area contributed by atoms with Crippen LogP contribution in [0.3, 0.4) is 0 Å². The second-order valence-electron chi connectivity index (χ2n) is 5.14. The van der Waals surface area contributed by atoms with Crippen LogP contribution in [-0.4, -0.2) is 26.4 Å². The van der Waals surface area contributed by atoms with Crippen molar-refractivity contribution < 1.29 is 13.2 Å². The number of primary amides is 1. The van der Waals surface area contributed by atoms with Gasteiger partial charge in [-0.3, -0.25) is 10.2 Å². The molecule has 2 aromatic rings. The Morgan fingerprint density at radius 1 is 1.20 bits per heavy atom. The summed E-state index contributed by atoms with van der Waals surface area (Å²) in [6, 6.07) is 10.9. The molecule has 0 aliphatic rings. The molecule has 130 valence electrons. The molecule has 0 spiro atoms. The van der Waals surface area contributed by atoms with Gasteiger partial charge in [-0.25, -0.2) is 13.4 Å². The molecule has 0 aliphatic carbocycles. The van der Waals surface area contributed by atoms with Crippen LogP contribution in [0.2, 0.25) is 0 Å². The number of halogens is 1. The van der Waals surface area contributed by atoms with Gasteiger partial charge in [-0.05, 0) is 54.4 Å². The highest BCUT2D eigenvalue weighted by Crippen LogP contribution is 2.25. The number of amidine groups is 1. The Hall–Kier alpha value is -2.32. The van der Waals surface area contributed by atoms with Crippen molar-refractivity contribution in [3.8, 4) is 0 Å². The van der Waals surface area contributed by atoms with Gasteiger partial charge in [0.2, 0.25) is 9.84 Å². The molecule has 2 aromatic carbocycles. The number of rotatable bonds is 5. The van der Waals surface area contributed by atoms with Crippen molar-refractivity contribution in [2.45, 2.75) is 23.1 Å². The largest absolute Gasteiger partial charge is 0.365 e. The fraction of sp³-hybridized carbons (Fsp3) is 0.118. The number of aliphatic imine (C=N–C) groups is 1. The van der Waals surface area contributed by atoms with Gasteiger partial charge in [-0.15, -0.1) is 0 Å². The van der Waals surface area contributed by atoms with Crippen LogP contribution < -0.4 is 5.73 Å². The molecule has 0 aromatic heterocycles. The number of benzene rings is 2. The summed E-state index contributed by atoms with van der Waals surface area (Å²) in [7, 11) is -3.66. The van der Waals surface area contributed by atoms with Crippen molar-refractivity contribution in [3.05, 3.63) is 58.1 Å². The van der Waals surface area contributed by atoms with E-state index in [1.54, 1.807) is 12.1 Å². The Morgan fingerprint density at radius 2 is 1.80 bits per heavy atom. The van der Waals surface area contributed by atoms with Gasteiger partial charge in [0.15, 0.2) is 5.84 Å². The normalized spacial score (nSPS) is 11.6. The molecule has 0 aliphatic heterocycles. The monoisotopic (exact) mass is 421 g/mol. The molecule has 0 heterocycles. The number of hydrogen-bond acceptors (Lipinski definition) is 4.